The van der Waals surface area contributed by atoms with E-state index in [9.17, 15) is 9.59 Å². The number of hydrogen-bond acceptors (Lipinski definition) is 4. The van der Waals surface area contributed by atoms with Gasteiger partial charge in [0.15, 0.2) is 11.5 Å². The lowest BCUT2D eigenvalue weighted by molar-refractivity contribution is -0.131. The van der Waals surface area contributed by atoms with Gasteiger partial charge in [-0.15, -0.1) is 0 Å². The van der Waals surface area contributed by atoms with Crippen molar-refractivity contribution in [1.82, 2.24) is 10.2 Å². The Balaban J connectivity index is 2.41. The molecule has 0 unspecified atom stereocenters. The Morgan fingerprint density at radius 2 is 1.86 bits per heavy atom. The van der Waals surface area contributed by atoms with Crippen molar-refractivity contribution in [2.75, 3.05) is 20.8 Å². The van der Waals surface area contributed by atoms with Gasteiger partial charge in [-0.1, -0.05) is 13.0 Å². The summed E-state index contributed by atoms with van der Waals surface area (Å²) in [6, 6.07) is 4.84. The summed E-state index contributed by atoms with van der Waals surface area (Å²) in [6.45, 7) is 4.03. The smallest absolute Gasteiger partial charge is 0.325 e. The molecule has 21 heavy (non-hydrogen) atoms. The van der Waals surface area contributed by atoms with Crippen molar-refractivity contribution in [3.8, 4) is 11.5 Å². The third-order valence-electron chi connectivity index (χ3n) is 3.68. The molecule has 6 heteroatoms. The maximum Gasteiger partial charge on any atom is 0.325 e. The zero-order chi connectivity index (χ0) is 15.6. The van der Waals surface area contributed by atoms with Crippen LogP contribution in [0.15, 0.2) is 18.2 Å². The average molecular weight is 292 g/mol. The molecule has 1 N–H and O–H groups in total. The first kappa shape index (κ1) is 15.2. The minimum Gasteiger partial charge on any atom is -0.493 e. The minimum atomic E-state index is -1.08. The van der Waals surface area contributed by atoms with E-state index < -0.39 is 5.54 Å². The molecule has 0 bridgehead atoms. The third-order valence-corrected chi connectivity index (χ3v) is 3.68. The fraction of sp³-hybridized carbons (Fsp3) is 0.467. The zero-order valence-corrected chi connectivity index (χ0v) is 12.7. The second-order valence-corrected chi connectivity index (χ2v) is 5.08. The highest BCUT2D eigenvalue weighted by Crippen LogP contribution is 2.35. The number of urea groups is 1. The molecule has 1 aromatic rings. The number of rotatable bonds is 5. The van der Waals surface area contributed by atoms with Crippen LogP contribution in [0.2, 0.25) is 0 Å². The molecule has 0 aliphatic carbocycles. The van der Waals surface area contributed by atoms with Gasteiger partial charge in [0.25, 0.3) is 5.91 Å². The average Bonchev–Trinajstić information content (AvgIpc) is 2.71. The Kier molecular flexibility index (Phi) is 4.06. The number of imide groups is 1. The van der Waals surface area contributed by atoms with Gasteiger partial charge in [-0.05, 0) is 31.0 Å². The first-order valence-corrected chi connectivity index (χ1v) is 6.84. The van der Waals surface area contributed by atoms with E-state index in [-0.39, 0.29) is 11.9 Å². The topological polar surface area (TPSA) is 67.9 Å². The maximum absolute atomic E-state index is 12.6. The molecular weight excluding hydrogens is 272 g/mol. The van der Waals surface area contributed by atoms with Gasteiger partial charge in [0.2, 0.25) is 0 Å². The predicted octanol–water partition coefficient (Wildman–Crippen LogP) is 1.88. The van der Waals surface area contributed by atoms with Gasteiger partial charge in [0.1, 0.15) is 5.54 Å². The van der Waals surface area contributed by atoms with Crippen molar-refractivity contribution in [1.29, 1.82) is 0 Å². The van der Waals surface area contributed by atoms with E-state index >= 15 is 0 Å². The summed E-state index contributed by atoms with van der Waals surface area (Å²) < 4.78 is 10.4. The highest BCUT2D eigenvalue weighted by molar-refractivity contribution is 6.07. The second-order valence-electron chi connectivity index (χ2n) is 5.08. The summed E-state index contributed by atoms with van der Waals surface area (Å²) in [5.41, 5.74) is -0.414. The first-order valence-electron chi connectivity index (χ1n) is 6.84. The monoisotopic (exact) mass is 292 g/mol. The molecule has 1 aliphatic heterocycles. The summed E-state index contributed by atoms with van der Waals surface area (Å²) >= 11 is 0. The number of hydrogen-bond donors (Lipinski definition) is 1. The molecule has 0 saturated carbocycles. The molecular formula is C15H20N2O4. The highest BCUT2D eigenvalue weighted by Gasteiger charge is 2.48. The summed E-state index contributed by atoms with van der Waals surface area (Å²) in [5.74, 6) is 0.848. The van der Waals surface area contributed by atoms with E-state index in [1.165, 1.54) is 12.0 Å². The van der Waals surface area contributed by atoms with Crippen molar-refractivity contribution in [2.24, 2.45) is 0 Å². The minimum absolute atomic E-state index is 0.249. The van der Waals surface area contributed by atoms with E-state index in [0.717, 1.165) is 6.42 Å². The SMILES string of the molecule is CCCN1C(=O)N[C@@](C)(c2ccc(OC)c(OC)c2)C1=O. The molecule has 6 nitrogen and oxygen atoms in total. The Morgan fingerprint density at radius 1 is 1.19 bits per heavy atom. The number of nitrogens with one attached hydrogen (secondary N) is 1. The molecule has 114 valence electrons. The van der Waals surface area contributed by atoms with Crippen molar-refractivity contribution < 1.29 is 19.1 Å². The summed E-state index contributed by atoms with van der Waals surface area (Å²) in [7, 11) is 3.08. The third kappa shape index (κ3) is 2.41. The number of benzene rings is 1. The van der Waals surface area contributed by atoms with Gasteiger partial charge >= 0.3 is 6.03 Å². The lowest BCUT2D eigenvalue weighted by Crippen LogP contribution is -2.41. The van der Waals surface area contributed by atoms with Crippen LogP contribution in [0, 0.1) is 0 Å². The Morgan fingerprint density at radius 3 is 2.43 bits per heavy atom. The van der Waals surface area contributed by atoms with Crippen molar-refractivity contribution in [2.45, 2.75) is 25.8 Å². The molecule has 0 radical (unpaired) electrons. The Hall–Kier alpha value is -2.24. The van der Waals surface area contributed by atoms with Crippen LogP contribution in [-0.2, 0) is 10.3 Å². The molecule has 2 rings (SSSR count). The van der Waals surface area contributed by atoms with Gasteiger partial charge in [-0.25, -0.2) is 4.79 Å². The molecule has 1 saturated heterocycles. The summed E-state index contributed by atoms with van der Waals surface area (Å²) in [5, 5.41) is 2.76. The van der Waals surface area contributed by atoms with E-state index in [2.05, 4.69) is 5.32 Å². The van der Waals surface area contributed by atoms with Crippen molar-refractivity contribution in [3.63, 3.8) is 0 Å². The van der Waals surface area contributed by atoms with E-state index in [4.69, 9.17) is 9.47 Å². The molecule has 1 aliphatic rings. The van der Waals surface area contributed by atoms with E-state index in [1.54, 1.807) is 32.2 Å². The molecule has 0 spiro atoms. The zero-order valence-electron chi connectivity index (χ0n) is 12.7. The van der Waals surface area contributed by atoms with Gasteiger partial charge in [-0.3, -0.25) is 9.69 Å². The van der Waals surface area contributed by atoms with Crippen LogP contribution < -0.4 is 14.8 Å². The number of nitrogens with zero attached hydrogens (tertiary/aromatic N) is 1. The van der Waals surface area contributed by atoms with Crippen LogP contribution in [0.3, 0.4) is 0 Å². The quantitative estimate of drug-likeness (QED) is 0.841. The van der Waals surface area contributed by atoms with Crippen molar-refractivity contribution >= 4 is 11.9 Å². The number of methoxy groups -OCH3 is 2. The second kappa shape index (κ2) is 5.63. The summed E-state index contributed by atoms with van der Waals surface area (Å²) in [6.07, 6.45) is 0.723. The summed E-state index contributed by atoms with van der Waals surface area (Å²) in [4.78, 5) is 25.8. The fourth-order valence-electron chi connectivity index (χ4n) is 2.47. The van der Waals surface area contributed by atoms with Crippen LogP contribution in [-0.4, -0.2) is 37.6 Å². The standard InChI is InChI=1S/C15H20N2O4/c1-5-8-17-13(18)15(2,16-14(17)19)10-6-7-11(20-3)12(9-10)21-4/h6-7,9H,5,8H2,1-4H3,(H,16,19)/t15-/m0/s1. The van der Waals surface area contributed by atoms with Gasteiger partial charge in [-0.2, -0.15) is 0 Å². The molecule has 1 atom stereocenters. The van der Waals surface area contributed by atoms with E-state index in [1.807, 2.05) is 6.92 Å². The number of amides is 3. The van der Waals surface area contributed by atoms with Crippen LogP contribution in [0.1, 0.15) is 25.8 Å². The van der Waals surface area contributed by atoms with Gasteiger partial charge in [0.05, 0.1) is 14.2 Å². The lowest BCUT2D eigenvalue weighted by Gasteiger charge is -2.23. The van der Waals surface area contributed by atoms with Crippen molar-refractivity contribution in [3.05, 3.63) is 23.8 Å². The Labute approximate surface area is 124 Å². The molecule has 1 aromatic carbocycles. The predicted molar refractivity (Wildman–Crippen MR) is 77.4 cm³/mol. The lowest BCUT2D eigenvalue weighted by atomic mass is 9.91. The Bertz CT molecular complexity index is 573. The van der Waals surface area contributed by atoms with Crippen LogP contribution in [0.25, 0.3) is 0 Å². The van der Waals surface area contributed by atoms with Gasteiger partial charge < -0.3 is 14.8 Å². The highest BCUT2D eigenvalue weighted by atomic mass is 16.5. The van der Waals surface area contributed by atoms with Crippen LogP contribution >= 0.6 is 0 Å². The molecule has 1 heterocycles. The fourth-order valence-corrected chi connectivity index (χ4v) is 2.47. The van der Waals surface area contributed by atoms with E-state index in [0.29, 0.717) is 23.6 Å². The largest absolute Gasteiger partial charge is 0.493 e. The number of carbonyl (C=O) groups is 2. The number of carbonyl (C=O) groups excluding carboxylic acids is 2. The maximum atomic E-state index is 12.6. The normalized spacial score (nSPS) is 21.4. The molecule has 0 aromatic heterocycles. The first-order chi connectivity index (χ1) is 9.97. The van der Waals surface area contributed by atoms with Gasteiger partial charge in [0, 0.05) is 6.54 Å². The number of ether oxygens (including phenoxy) is 2. The van der Waals surface area contributed by atoms with Crippen LogP contribution in [0.4, 0.5) is 4.79 Å². The van der Waals surface area contributed by atoms with Crippen LogP contribution in [0.5, 0.6) is 11.5 Å². The molecule has 1 fully saturated rings. The molecule has 3 amide bonds.